The van der Waals surface area contributed by atoms with Gasteiger partial charge in [-0.2, -0.15) is 0 Å². The molecule has 0 bridgehead atoms. The minimum absolute atomic E-state index is 0.263. The van der Waals surface area contributed by atoms with Gasteiger partial charge in [0.1, 0.15) is 11.5 Å². The predicted molar refractivity (Wildman–Crippen MR) is 59.7 cm³/mol. The first kappa shape index (κ1) is 9.47. The van der Waals surface area contributed by atoms with Crippen molar-refractivity contribution in [3.63, 3.8) is 0 Å². The van der Waals surface area contributed by atoms with Gasteiger partial charge in [-0.1, -0.05) is 6.07 Å². The highest BCUT2D eigenvalue weighted by molar-refractivity contribution is 5.49. The van der Waals surface area contributed by atoms with Gasteiger partial charge in [0, 0.05) is 19.3 Å². The summed E-state index contributed by atoms with van der Waals surface area (Å²) in [5, 5.41) is 11.8. The van der Waals surface area contributed by atoms with Gasteiger partial charge in [0.2, 0.25) is 0 Å². The number of hydrogen-bond acceptors (Lipinski definition) is 4. The molecule has 0 spiro atoms. The topological polar surface area (TPSA) is 55.6 Å². The summed E-state index contributed by atoms with van der Waals surface area (Å²) >= 11 is 0. The van der Waals surface area contributed by atoms with E-state index in [-0.39, 0.29) is 6.04 Å². The van der Waals surface area contributed by atoms with Crippen molar-refractivity contribution in [2.45, 2.75) is 19.5 Å². The SMILES string of the molecule is C[C@H]1NCCn2c(-c3ccccn3)nnc21. The van der Waals surface area contributed by atoms with Crippen molar-refractivity contribution in [1.82, 2.24) is 25.1 Å². The third kappa shape index (κ3) is 1.40. The fourth-order valence-corrected chi connectivity index (χ4v) is 2.02. The Morgan fingerprint density at radius 2 is 2.31 bits per heavy atom. The summed E-state index contributed by atoms with van der Waals surface area (Å²) in [4.78, 5) is 4.31. The van der Waals surface area contributed by atoms with Gasteiger partial charge in [0.15, 0.2) is 5.82 Å². The number of nitrogens with zero attached hydrogens (tertiary/aromatic N) is 4. The largest absolute Gasteiger partial charge is 0.307 e. The van der Waals surface area contributed by atoms with Crippen molar-refractivity contribution in [3.05, 3.63) is 30.2 Å². The van der Waals surface area contributed by atoms with E-state index in [1.807, 2.05) is 18.2 Å². The van der Waals surface area contributed by atoms with E-state index in [4.69, 9.17) is 0 Å². The molecule has 2 aromatic rings. The second-order valence-corrected chi connectivity index (χ2v) is 3.92. The molecule has 0 aliphatic carbocycles. The number of hydrogen-bond donors (Lipinski definition) is 1. The summed E-state index contributed by atoms with van der Waals surface area (Å²) in [5.41, 5.74) is 0.885. The van der Waals surface area contributed by atoms with Crippen molar-refractivity contribution < 1.29 is 0 Å². The van der Waals surface area contributed by atoms with Crippen molar-refractivity contribution in [2.75, 3.05) is 6.54 Å². The first-order valence-corrected chi connectivity index (χ1v) is 5.44. The Morgan fingerprint density at radius 3 is 3.12 bits per heavy atom. The monoisotopic (exact) mass is 215 g/mol. The van der Waals surface area contributed by atoms with E-state index >= 15 is 0 Å². The van der Waals surface area contributed by atoms with E-state index in [9.17, 15) is 0 Å². The summed E-state index contributed by atoms with van der Waals surface area (Å²) in [5.74, 6) is 1.86. The lowest BCUT2D eigenvalue weighted by molar-refractivity contribution is 0.438. The van der Waals surface area contributed by atoms with Crippen LogP contribution in [0, 0.1) is 0 Å². The maximum atomic E-state index is 4.31. The lowest BCUT2D eigenvalue weighted by Gasteiger charge is -2.21. The summed E-state index contributed by atoms with van der Waals surface area (Å²) in [6.45, 7) is 3.95. The lowest BCUT2D eigenvalue weighted by atomic mass is 10.2. The van der Waals surface area contributed by atoms with Gasteiger partial charge >= 0.3 is 0 Å². The Bertz CT molecular complexity index is 490. The normalized spacial score (nSPS) is 19.4. The smallest absolute Gasteiger partial charge is 0.182 e. The van der Waals surface area contributed by atoms with Crippen molar-refractivity contribution in [3.8, 4) is 11.5 Å². The van der Waals surface area contributed by atoms with Gasteiger partial charge in [-0.05, 0) is 19.1 Å². The zero-order chi connectivity index (χ0) is 11.0. The Balaban J connectivity index is 2.10. The highest BCUT2D eigenvalue weighted by atomic mass is 15.3. The number of pyridine rings is 1. The molecule has 3 heterocycles. The molecule has 0 radical (unpaired) electrons. The molecule has 1 aliphatic rings. The minimum atomic E-state index is 0.263. The first-order valence-electron chi connectivity index (χ1n) is 5.44. The van der Waals surface area contributed by atoms with Crippen LogP contribution in [0.3, 0.4) is 0 Å². The molecule has 1 N–H and O–H groups in total. The first-order chi connectivity index (χ1) is 7.86. The highest BCUT2D eigenvalue weighted by Gasteiger charge is 2.22. The molecule has 0 unspecified atom stereocenters. The molecule has 3 rings (SSSR count). The van der Waals surface area contributed by atoms with Crippen molar-refractivity contribution >= 4 is 0 Å². The number of aromatic nitrogens is 4. The average molecular weight is 215 g/mol. The number of rotatable bonds is 1. The molecule has 5 nitrogen and oxygen atoms in total. The molecule has 16 heavy (non-hydrogen) atoms. The predicted octanol–water partition coefficient (Wildman–Crippen LogP) is 1.00. The molecule has 1 aliphatic heterocycles. The molecule has 5 heteroatoms. The zero-order valence-corrected chi connectivity index (χ0v) is 9.09. The van der Waals surface area contributed by atoms with Gasteiger partial charge in [0.25, 0.3) is 0 Å². The van der Waals surface area contributed by atoms with E-state index < -0.39 is 0 Å². The molecule has 1 atom stereocenters. The van der Waals surface area contributed by atoms with Crippen LogP contribution in [-0.4, -0.2) is 26.3 Å². The van der Waals surface area contributed by atoms with Gasteiger partial charge < -0.3 is 9.88 Å². The Kier molecular flexibility index (Phi) is 2.18. The fourth-order valence-electron chi connectivity index (χ4n) is 2.02. The molecule has 0 fully saturated rings. The standard InChI is InChI=1S/C11H13N5/c1-8-10-14-15-11(16(10)7-6-12-8)9-4-2-3-5-13-9/h2-5,8,12H,6-7H2,1H3/t8-/m1/s1. The van der Waals surface area contributed by atoms with Crippen LogP contribution in [0.1, 0.15) is 18.8 Å². The summed E-state index contributed by atoms with van der Waals surface area (Å²) in [7, 11) is 0. The maximum Gasteiger partial charge on any atom is 0.182 e. The lowest BCUT2D eigenvalue weighted by Crippen LogP contribution is -2.32. The van der Waals surface area contributed by atoms with Gasteiger partial charge in [-0.25, -0.2) is 0 Å². The second-order valence-electron chi connectivity index (χ2n) is 3.92. The second kappa shape index (κ2) is 3.68. The minimum Gasteiger partial charge on any atom is -0.307 e. The Labute approximate surface area is 93.5 Å². The summed E-state index contributed by atoms with van der Waals surface area (Å²) in [6, 6.07) is 6.10. The molecule has 0 amide bonds. The quantitative estimate of drug-likeness (QED) is 0.771. The fraction of sp³-hybridized carbons (Fsp3) is 0.364. The van der Waals surface area contributed by atoms with E-state index in [1.165, 1.54) is 0 Å². The van der Waals surface area contributed by atoms with Crippen LogP contribution < -0.4 is 5.32 Å². The number of nitrogens with one attached hydrogen (secondary N) is 1. The van der Waals surface area contributed by atoms with E-state index in [2.05, 4.69) is 32.0 Å². The van der Waals surface area contributed by atoms with Crippen LogP contribution in [0.4, 0.5) is 0 Å². The van der Waals surface area contributed by atoms with Gasteiger partial charge in [-0.15, -0.1) is 10.2 Å². The van der Waals surface area contributed by atoms with Crippen LogP contribution in [0.2, 0.25) is 0 Å². The maximum absolute atomic E-state index is 4.31. The van der Waals surface area contributed by atoms with Crippen LogP contribution in [-0.2, 0) is 6.54 Å². The average Bonchev–Trinajstić information content (AvgIpc) is 2.75. The summed E-state index contributed by atoms with van der Waals surface area (Å²) in [6.07, 6.45) is 1.78. The van der Waals surface area contributed by atoms with Crippen LogP contribution in [0.5, 0.6) is 0 Å². The Morgan fingerprint density at radius 1 is 1.38 bits per heavy atom. The molecular weight excluding hydrogens is 202 g/mol. The van der Waals surface area contributed by atoms with Crippen molar-refractivity contribution in [2.24, 2.45) is 0 Å². The molecule has 0 saturated heterocycles. The zero-order valence-electron chi connectivity index (χ0n) is 9.09. The van der Waals surface area contributed by atoms with Gasteiger partial charge in [0.05, 0.1) is 6.04 Å². The molecular formula is C11H13N5. The highest BCUT2D eigenvalue weighted by Crippen LogP contribution is 2.21. The molecule has 82 valence electrons. The third-order valence-electron chi connectivity index (χ3n) is 2.85. The van der Waals surface area contributed by atoms with E-state index in [1.54, 1.807) is 6.20 Å². The third-order valence-corrected chi connectivity index (χ3v) is 2.85. The van der Waals surface area contributed by atoms with Gasteiger partial charge in [-0.3, -0.25) is 4.98 Å². The van der Waals surface area contributed by atoms with Crippen LogP contribution in [0.15, 0.2) is 24.4 Å². The van der Waals surface area contributed by atoms with E-state index in [0.717, 1.165) is 30.4 Å². The van der Waals surface area contributed by atoms with Crippen molar-refractivity contribution in [1.29, 1.82) is 0 Å². The number of fused-ring (bicyclic) bond motifs is 1. The molecule has 0 saturated carbocycles. The molecule has 0 aromatic carbocycles. The van der Waals surface area contributed by atoms with E-state index in [0.29, 0.717) is 0 Å². The van der Waals surface area contributed by atoms with Crippen LogP contribution >= 0.6 is 0 Å². The molecule has 2 aromatic heterocycles. The Hall–Kier alpha value is -1.75. The summed E-state index contributed by atoms with van der Waals surface area (Å²) < 4.78 is 2.14. The van der Waals surface area contributed by atoms with Crippen LogP contribution in [0.25, 0.3) is 11.5 Å².